The van der Waals surface area contributed by atoms with Crippen molar-refractivity contribution in [2.24, 2.45) is 0 Å². The maximum absolute atomic E-state index is 8.73. The van der Waals surface area contributed by atoms with E-state index in [0.717, 1.165) is 0 Å². The molecule has 0 amide bonds. The Labute approximate surface area is 91.4 Å². The van der Waals surface area contributed by atoms with Gasteiger partial charge < -0.3 is 18.4 Å². The average Bonchev–Trinajstić information content (AvgIpc) is 1.85. The van der Waals surface area contributed by atoms with Gasteiger partial charge in [0.15, 0.2) is 0 Å². The molecule has 14 heavy (non-hydrogen) atoms. The van der Waals surface area contributed by atoms with Crippen molar-refractivity contribution in [1.82, 2.24) is 0 Å². The molecule has 0 spiro atoms. The highest BCUT2D eigenvalue weighted by Crippen LogP contribution is 2.29. The third kappa shape index (κ3) is 4.67. The van der Waals surface area contributed by atoms with Crippen LogP contribution in [0.15, 0.2) is 0 Å². The highest BCUT2D eigenvalue weighted by Gasteiger charge is 2.56. The Balaban J connectivity index is -0.000000125. The van der Waals surface area contributed by atoms with Gasteiger partial charge in [0.1, 0.15) is 0 Å². The minimum absolute atomic E-state index is 0. The number of aliphatic hydroxyl groups is 2. The molecule has 1 aliphatic heterocycles. The molecule has 2 N–H and O–H groups in total. The zero-order valence-corrected chi connectivity index (χ0v) is 8.13. The molecule has 1 rings (SSSR count). The van der Waals surface area contributed by atoms with Crippen LogP contribution in [-0.2, 0) is 8.23 Å². The normalized spacial score (nSPS) is 33.4. The molecule has 92 valence electrons. The minimum atomic E-state index is -2.17. The van der Waals surface area contributed by atoms with Crippen LogP contribution in [-0.4, -0.2) is 39.8 Å². The predicted molar refractivity (Wildman–Crippen MR) is 66.5 cm³/mol. The fraction of sp³-hybridized carbons (Fsp3) is 1.00. The van der Waals surface area contributed by atoms with Gasteiger partial charge in [-0.15, -0.1) is 0 Å². The van der Waals surface area contributed by atoms with Gasteiger partial charge >= 0.3 is 17.1 Å². The lowest BCUT2D eigenvalue weighted by atomic mass is 11.7. The van der Waals surface area contributed by atoms with Gasteiger partial charge in [-0.2, -0.15) is 0 Å². The summed E-state index contributed by atoms with van der Waals surface area (Å²) in [6.45, 7) is 3.58. The topological polar surface area (TPSA) is 58.9 Å². The van der Waals surface area contributed by atoms with Gasteiger partial charge in [-0.05, 0) is 13.1 Å². The van der Waals surface area contributed by atoms with Crippen LogP contribution in [0.2, 0.25) is 13.1 Å². The van der Waals surface area contributed by atoms with E-state index in [1.165, 1.54) is 0 Å². The molecule has 0 aromatic heterocycles. The molecular formula is C8H28O4Si2. The first-order chi connectivity index (χ1) is 4.54. The number of aliphatic hydroxyl groups excluding tert-OH is 2. The molecule has 0 aromatic rings. The molecule has 1 saturated heterocycles. The summed E-state index contributed by atoms with van der Waals surface area (Å²) >= 11 is 0. The summed E-state index contributed by atoms with van der Waals surface area (Å²) in [4.78, 5) is 0. The highest BCUT2D eigenvalue weighted by molar-refractivity contribution is 6.93. The van der Waals surface area contributed by atoms with Gasteiger partial charge in [0.25, 0.3) is 0 Å². The van der Waals surface area contributed by atoms with Crippen LogP contribution in [0.1, 0.15) is 29.7 Å². The second kappa shape index (κ2) is 7.55. The molecule has 1 aliphatic rings. The molecule has 0 atom stereocenters. The van der Waals surface area contributed by atoms with Crippen molar-refractivity contribution in [1.29, 1.82) is 0 Å². The Kier molecular flexibility index (Phi) is 12.9. The average molecular weight is 244 g/mol. The van der Waals surface area contributed by atoms with Crippen molar-refractivity contribution in [3.63, 3.8) is 0 Å². The molecule has 4 nitrogen and oxygen atoms in total. The minimum Gasteiger partial charge on any atom is -0.413 e. The van der Waals surface area contributed by atoms with Crippen LogP contribution in [0.25, 0.3) is 0 Å². The second-order valence-electron chi connectivity index (χ2n) is 2.79. The number of hydrogen-bond acceptors (Lipinski definition) is 4. The zero-order valence-electron chi connectivity index (χ0n) is 6.13. The van der Waals surface area contributed by atoms with Crippen LogP contribution >= 0.6 is 0 Å². The quantitative estimate of drug-likeness (QED) is 0.727. The van der Waals surface area contributed by atoms with Gasteiger partial charge in [0, 0.05) is 0 Å². The summed E-state index contributed by atoms with van der Waals surface area (Å²) in [6.07, 6.45) is -0.0365. The van der Waals surface area contributed by atoms with Crippen molar-refractivity contribution in [2.45, 2.75) is 42.8 Å². The molecule has 0 aliphatic carbocycles. The van der Waals surface area contributed by atoms with Crippen LogP contribution in [0.5, 0.6) is 0 Å². The van der Waals surface area contributed by atoms with Crippen LogP contribution < -0.4 is 0 Å². The summed E-state index contributed by atoms with van der Waals surface area (Å²) in [5.41, 5.74) is 0. The molecule has 6 heteroatoms. The molecule has 0 saturated carbocycles. The third-order valence-corrected chi connectivity index (χ3v) is 9.50. The molecule has 0 aromatic carbocycles. The maximum Gasteiger partial charge on any atom is 0.343 e. The zero-order chi connectivity index (χ0) is 7.83. The standard InChI is InChI=1S/C4H12O4Si2.4CH4/c1-9(3-5)7-10(2,4-6)8-9;;;;/h5-6H,3-4H2,1-2H3;4*1H4. The Hall–Kier alpha value is 0.274. The molecule has 0 bridgehead atoms. The Morgan fingerprint density at radius 2 is 1.00 bits per heavy atom. The largest absolute Gasteiger partial charge is 0.413 e. The van der Waals surface area contributed by atoms with E-state index in [2.05, 4.69) is 0 Å². The molecule has 1 heterocycles. The Morgan fingerprint density at radius 3 is 1.14 bits per heavy atom. The lowest BCUT2D eigenvalue weighted by Gasteiger charge is -2.48. The molecule has 0 unspecified atom stereocenters. The first-order valence-corrected chi connectivity index (χ1v) is 8.20. The van der Waals surface area contributed by atoms with E-state index in [1.807, 2.05) is 0 Å². The number of rotatable bonds is 2. The monoisotopic (exact) mass is 244 g/mol. The van der Waals surface area contributed by atoms with E-state index in [9.17, 15) is 0 Å². The van der Waals surface area contributed by atoms with Crippen LogP contribution in [0.3, 0.4) is 0 Å². The van der Waals surface area contributed by atoms with E-state index in [4.69, 9.17) is 18.4 Å². The molecular weight excluding hydrogens is 216 g/mol. The van der Waals surface area contributed by atoms with Crippen LogP contribution in [0.4, 0.5) is 0 Å². The van der Waals surface area contributed by atoms with Gasteiger partial charge in [0.2, 0.25) is 0 Å². The van der Waals surface area contributed by atoms with E-state index < -0.39 is 17.1 Å². The van der Waals surface area contributed by atoms with E-state index in [1.54, 1.807) is 13.1 Å². The third-order valence-electron chi connectivity index (χ3n) is 1.44. The van der Waals surface area contributed by atoms with Crippen molar-refractivity contribution >= 4 is 17.1 Å². The lowest BCUT2D eigenvalue weighted by molar-refractivity contribution is 0.156. The summed E-state index contributed by atoms with van der Waals surface area (Å²) in [5.74, 6) is 0. The first kappa shape index (κ1) is 23.8. The van der Waals surface area contributed by atoms with Crippen LogP contribution in [0, 0.1) is 0 Å². The van der Waals surface area contributed by atoms with Crippen molar-refractivity contribution in [3.05, 3.63) is 0 Å². The highest BCUT2D eigenvalue weighted by atomic mass is 28.5. The first-order valence-electron chi connectivity index (χ1n) is 3.16. The van der Waals surface area contributed by atoms with E-state index in [0.29, 0.717) is 0 Å². The summed E-state index contributed by atoms with van der Waals surface area (Å²) in [6, 6.07) is 0. The van der Waals surface area contributed by atoms with Gasteiger partial charge in [-0.1, -0.05) is 29.7 Å². The Bertz CT molecular complexity index is 123. The summed E-state index contributed by atoms with van der Waals surface area (Å²) in [5, 5.41) is 17.5. The fourth-order valence-corrected chi connectivity index (χ4v) is 9.45. The summed E-state index contributed by atoms with van der Waals surface area (Å²) in [7, 11) is -4.34. The SMILES string of the molecule is C.C.C.C.C[Si]1(CO)O[Si](C)(CO)O1. The molecule has 0 radical (unpaired) electrons. The Morgan fingerprint density at radius 1 is 0.786 bits per heavy atom. The van der Waals surface area contributed by atoms with Crippen molar-refractivity contribution in [2.75, 3.05) is 12.5 Å². The van der Waals surface area contributed by atoms with E-state index >= 15 is 0 Å². The van der Waals surface area contributed by atoms with Gasteiger partial charge in [-0.3, -0.25) is 0 Å². The fourth-order valence-electron chi connectivity index (χ4n) is 1.05. The summed E-state index contributed by atoms with van der Waals surface area (Å²) < 4.78 is 10.7. The molecule has 1 fully saturated rings. The van der Waals surface area contributed by atoms with E-state index in [-0.39, 0.29) is 42.2 Å². The number of hydrogen-bond donors (Lipinski definition) is 2. The van der Waals surface area contributed by atoms with Gasteiger partial charge in [-0.25, -0.2) is 0 Å². The lowest BCUT2D eigenvalue weighted by Crippen LogP contribution is -2.71. The van der Waals surface area contributed by atoms with Gasteiger partial charge in [0.05, 0.1) is 12.5 Å². The smallest absolute Gasteiger partial charge is 0.343 e. The predicted octanol–water partition coefficient (Wildman–Crippen LogP) is 1.78. The van der Waals surface area contributed by atoms with Crippen molar-refractivity contribution in [3.8, 4) is 0 Å². The maximum atomic E-state index is 8.73. The second-order valence-corrected chi connectivity index (χ2v) is 9.59. The van der Waals surface area contributed by atoms with Crippen molar-refractivity contribution < 1.29 is 18.4 Å².